The molecule has 0 saturated carbocycles. The summed E-state index contributed by atoms with van der Waals surface area (Å²) in [7, 11) is 0. The van der Waals surface area contributed by atoms with Crippen molar-refractivity contribution in [1.82, 2.24) is 19.9 Å². The van der Waals surface area contributed by atoms with Crippen LogP contribution in [0, 0.1) is 6.92 Å². The normalized spacial score (nSPS) is 16.0. The van der Waals surface area contributed by atoms with Crippen LogP contribution in [0.2, 0.25) is 0 Å². The Morgan fingerprint density at radius 1 is 1.03 bits per heavy atom. The molecule has 2 heterocycles. The van der Waals surface area contributed by atoms with E-state index in [9.17, 15) is 18.0 Å². The monoisotopic (exact) mass is 472 g/mol. The van der Waals surface area contributed by atoms with E-state index in [1.807, 2.05) is 43.0 Å². The molecule has 0 aliphatic carbocycles. The molecule has 34 heavy (non-hydrogen) atoms. The summed E-state index contributed by atoms with van der Waals surface area (Å²) < 4.78 is 43.7. The lowest BCUT2D eigenvalue weighted by molar-refractivity contribution is -0.137. The van der Waals surface area contributed by atoms with Crippen LogP contribution in [-0.2, 0) is 17.5 Å². The molecule has 1 unspecified atom stereocenters. The van der Waals surface area contributed by atoms with Crippen molar-refractivity contribution >= 4 is 5.91 Å². The number of rotatable bonds is 6. The molecule has 1 fully saturated rings. The lowest BCUT2D eigenvalue weighted by Gasteiger charge is -2.34. The number of carbonyl (C=O) groups excluding carboxylic acids is 1. The van der Waals surface area contributed by atoms with Crippen molar-refractivity contribution in [1.29, 1.82) is 0 Å². The topological polar surface area (TPSA) is 62.5 Å². The van der Waals surface area contributed by atoms with Gasteiger partial charge in [-0.15, -0.1) is 0 Å². The van der Waals surface area contributed by atoms with Crippen LogP contribution < -0.4 is 0 Å². The number of piperazine rings is 1. The highest BCUT2D eigenvalue weighted by Gasteiger charge is 2.30. The summed E-state index contributed by atoms with van der Waals surface area (Å²) in [6, 6.07) is 13.0. The summed E-state index contributed by atoms with van der Waals surface area (Å²) in [4.78, 5) is 21.2. The number of alkyl halides is 3. The van der Waals surface area contributed by atoms with E-state index in [-0.39, 0.29) is 18.2 Å². The molecule has 4 rings (SSSR count). The molecule has 0 radical (unpaired) electrons. The van der Waals surface area contributed by atoms with Gasteiger partial charge in [-0.1, -0.05) is 54.0 Å². The number of hydrogen-bond acceptors (Lipinski definition) is 5. The minimum absolute atomic E-state index is 0.00601. The van der Waals surface area contributed by atoms with Gasteiger partial charge in [0, 0.05) is 38.2 Å². The van der Waals surface area contributed by atoms with Crippen LogP contribution >= 0.6 is 0 Å². The fraction of sp³-hybridized carbons (Fsp3) is 0.400. The van der Waals surface area contributed by atoms with Crippen molar-refractivity contribution < 1.29 is 22.5 Å². The standard InChI is InChI=1S/C25H27F3N4O2/c1-17-3-5-20(6-4-17)24-29-22(34-30-24)16-31-11-13-32(14-12-31)23(33)15-18(2)19-7-9-21(10-8-19)25(26,27)28/h3-10,18H,11-16H2,1-2H3. The maximum Gasteiger partial charge on any atom is 0.416 e. The minimum atomic E-state index is -4.36. The lowest BCUT2D eigenvalue weighted by atomic mass is 9.96. The number of carbonyl (C=O) groups is 1. The average molecular weight is 473 g/mol. The Balaban J connectivity index is 1.26. The molecule has 1 aromatic heterocycles. The highest BCUT2D eigenvalue weighted by atomic mass is 19.4. The van der Waals surface area contributed by atoms with Gasteiger partial charge in [-0.05, 0) is 30.5 Å². The van der Waals surface area contributed by atoms with Gasteiger partial charge in [0.25, 0.3) is 0 Å². The van der Waals surface area contributed by atoms with E-state index in [1.54, 1.807) is 0 Å². The van der Waals surface area contributed by atoms with Gasteiger partial charge >= 0.3 is 6.18 Å². The van der Waals surface area contributed by atoms with Gasteiger partial charge in [0.2, 0.25) is 17.6 Å². The van der Waals surface area contributed by atoms with Gasteiger partial charge in [0.05, 0.1) is 12.1 Å². The number of aromatic nitrogens is 2. The predicted octanol–water partition coefficient (Wildman–Crippen LogP) is 4.90. The van der Waals surface area contributed by atoms with Gasteiger partial charge < -0.3 is 9.42 Å². The van der Waals surface area contributed by atoms with Crippen LogP contribution in [0.3, 0.4) is 0 Å². The SMILES string of the molecule is Cc1ccc(-c2noc(CN3CCN(C(=O)CC(C)c4ccc(C(F)(F)F)cc4)CC3)n2)cc1. The Hall–Kier alpha value is -3.20. The van der Waals surface area contributed by atoms with Gasteiger partial charge in [-0.3, -0.25) is 9.69 Å². The highest BCUT2D eigenvalue weighted by molar-refractivity contribution is 5.77. The van der Waals surface area contributed by atoms with E-state index in [4.69, 9.17) is 4.52 Å². The Kier molecular flexibility index (Phi) is 7.02. The molecular weight excluding hydrogens is 445 g/mol. The van der Waals surface area contributed by atoms with Gasteiger partial charge in [0.1, 0.15) is 0 Å². The van der Waals surface area contributed by atoms with E-state index >= 15 is 0 Å². The summed E-state index contributed by atoms with van der Waals surface area (Å²) in [5.41, 5.74) is 2.10. The van der Waals surface area contributed by atoms with Gasteiger partial charge in [0.15, 0.2) is 0 Å². The van der Waals surface area contributed by atoms with Crippen molar-refractivity contribution in [3.8, 4) is 11.4 Å². The van der Waals surface area contributed by atoms with Gasteiger partial charge in [-0.2, -0.15) is 18.2 Å². The van der Waals surface area contributed by atoms with Crippen LogP contribution in [0.5, 0.6) is 0 Å². The molecule has 3 aromatic rings. The second kappa shape index (κ2) is 9.97. The van der Waals surface area contributed by atoms with Crippen molar-refractivity contribution in [2.24, 2.45) is 0 Å². The third kappa shape index (κ3) is 5.83. The van der Waals surface area contributed by atoms with Crippen molar-refractivity contribution in [3.05, 3.63) is 71.1 Å². The third-order valence-electron chi connectivity index (χ3n) is 6.15. The zero-order chi connectivity index (χ0) is 24.3. The third-order valence-corrected chi connectivity index (χ3v) is 6.15. The molecule has 0 spiro atoms. The first-order valence-electron chi connectivity index (χ1n) is 11.3. The summed E-state index contributed by atoms with van der Waals surface area (Å²) in [5, 5.41) is 4.07. The van der Waals surface area contributed by atoms with E-state index in [0.29, 0.717) is 44.4 Å². The summed E-state index contributed by atoms with van der Waals surface area (Å²) in [6.45, 7) is 6.92. The average Bonchev–Trinajstić information content (AvgIpc) is 3.28. The molecule has 1 atom stereocenters. The molecule has 1 amide bonds. The molecule has 0 bridgehead atoms. The molecule has 1 saturated heterocycles. The van der Waals surface area contributed by atoms with E-state index in [2.05, 4.69) is 15.0 Å². The molecule has 9 heteroatoms. The molecule has 1 aliphatic heterocycles. The zero-order valence-electron chi connectivity index (χ0n) is 19.2. The minimum Gasteiger partial charge on any atom is -0.340 e. The Labute approximate surface area is 196 Å². The number of halogens is 3. The maximum atomic E-state index is 12.8. The quantitative estimate of drug-likeness (QED) is 0.511. The number of amides is 1. The van der Waals surface area contributed by atoms with Crippen LogP contribution in [0.4, 0.5) is 13.2 Å². The van der Waals surface area contributed by atoms with E-state index in [1.165, 1.54) is 12.1 Å². The number of aryl methyl sites for hydroxylation is 1. The van der Waals surface area contributed by atoms with E-state index < -0.39 is 11.7 Å². The predicted molar refractivity (Wildman–Crippen MR) is 121 cm³/mol. The van der Waals surface area contributed by atoms with Crippen LogP contribution in [-0.4, -0.2) is 52.0 Å². The summed E-state index contributed by atoms with van der Waals surface area (Å²) >= 11 is 0. The Bertz CT molecular complexity index is 1100. The maximum absolute atomic E-state index is 12.8. The van der Waals surface area contributed by atoms with Crippen molar-refractivity contribution in [2.75, 3.05) is 26.2 Å². The Morgan fingerprint density at radius 2 is 1.68 bits per heavy atom. The number of nitrogens with zero attached hydrogens (tertiary/aromatic N) is 4. The van der Waals surface area contributed by atoms with Crippen LogP contribution in [0.25, 0.3) is 11.4 Å². The first kappa shape index (κ1) is 23.9. The fourth-order valence-electron chi connectivity index (χ4n) is 4.00. The second-order valence-corrected chi connectivity index (χ2v) is 8.76. The number of hydrogen-bond donors (Lipinski definition) is 0. The second-order valence-electron chi connectivity index (χ2n) is 8.76. The first-order chi connectivity index (χ1) is 16.2. The molecule has 180 valence electrons. The van der Waals surface area contributed by atoms with Crippen LogP contribution in [0.1, 0.15) is 41.8 Å². The molecule has 0 N–H and O–H groups in total. The largest absolute Gasteiger partial charge is 0.416 e. The smallest absolute Gasteiger partial charge is 0.340 e. The molecule has 6 nitrogen and oxygen atoms in total. The van der Waals surface area contributed by atoms with E-state index in [0.717, 1.165) is 28.8 Å². The zero-order valence-corrected chi connectivity index (χ0v) is 19.2. The summed E-state index contributed by atoms with van der Waals surface area (Å²) in [5.74, 6) is 0.935. The van der Waals surface area contributed by atoms with Crippen molar-refractivity contribution in [2.45, 2.75) is 38.9 Å². The molecule has 2 aromatic carbocycles. The van der Waals surface area contributed by atoms with Crippen LogP contribution in [0.15, 0.2) is 53.1 Å². The molecular formula is C25H27F3N4O2. The fourth-order valence-corrected chi connectivity index (χ4v) is 4.00. The lowest BCUT2D eigenvalue weighted by Crippen LogP contribution is -2.48. The van der Waals surface area contributed by atoms with Gasteiger partial charge in [-0.25, -0.2) is 0 Å². The highest BCUT2D eigenvalue weighted by Crippen LogP contribution is 2.31. The van der Waals surface area contributed by atoms with Crippen molar-refractivity contribution in [3.63, 3.8) is 0 Å². The Morgan fingerprint density at radius 3 is 2.29 bits per heavy atom. The first-order valence-corrected chi connectivity index (χ1v) is 11.3. The molecule has 1 aliphatic rings. The summed E-state index contributed by atoms with van der Waals surface area (Å²) in [6.07, 6.45) is -4.10. The number of benzene rings is 2.